The minimum atomic E-state index is -3.66. The molecule has 0 saturated heterocycles. The average molecular weight is 557 g/mol. The first kappa shape index (κ1) is 25.3. The van der Waals surface area contributed by atoms with Crippen LogP contribution < -0.4 is 4.90 Å². The monoisotopic (exact) mass is 556 g/mol. The highest BCUT2D eigenvalue weighted by Gasteiger charge is 2.45. The highest BCUT2D eigenvalue weighted by atomic mass is 35.5. The summed E-state index contributed by atoms with van der Waals surface area (Å²) < 4.78 is 33.8. The lowest BCUT2D eigenvalue weighted by atomic mass is 9.87. The number of sulfone groups is 1. The number of halogens is 1. The number of carbonyl (C=O) groups is 1. The van der Waals surface area contributed by atoms with Gasteiger partial charge in [0.2, 0.25) is 15.0 Å². The Bertz CT molecular complexity index is 1570. The lowest BCUT2D eigenvalue weighted by Crippen LogP contribution is -2.37. The van der Waals surface area contributed by atoms with Crippen molar-refractivity contribution in [2.24, 2.45) is 0 Å². The number of anilines is 1. The number of aryl methyl sites for hydroxylation is 1. The van der Waals surface area contributed by atoms with Gasteiger partial charge < -0.3 is 14.5 Å². The molecule has 6 rings (SSSR count). The second kappa shape index (κ2) is 9.03. The van der Waals surface area contributed by atoms with Crippen molar-refractivity contribution < 1.29 is 17.9 Å². The van der Waals surface area contributed by atoms with Crippen LogP contribution in [0.25, 0.3) is 0 Å². The fourth-order valence-electron chi connectivity index (χ4n) is 5.76. The van der Waals surface area contributed by atoms with Crippen LogP contribution in [-0.4, -0.2) is 65.9 Å². The summed E-state index contributed by atoms with van der Waals surface area (Å²) in [7, 11) is -0.271. The van der Waals surface area contributed by atoms with E-state index in [2.05, 4.69) is 20.0 Å². The van der Waals surface area contributed by atoms with Gasteiger partial charge in [0, 0.05) is 50.4 Å². The van der Waals surface area contributed by atoms with Crippen molar-refractivity contribution >= 4 is 33.2 Å². The lowest BCUT2D eigenvalue weighted by molar-refractivity contribution is -0.0730. The van der Waals surface area contributed by atoms with Crippen molar-refractivity contribution in [3.8, 4) is 0 Å². The van der Waals surface area contributed by atoms with Crippen LogP contribution in [-0.2, 0) is 52.7 Å². The van der Waals surface area contributed by atoms with E-state index in [-0.39, 0.29) is 17.7 Å². The summed E-state index contributed by atoms with van der Waals surface area (Å²) in [5.74, 6) is 0.399. The van der Waals surface area contributed by atoms with Crippen molar-refractivity contribution in [3.63, 3.8) is 0 Å². The molecule has 2 aromatic heterocycles. The van der Waals surface area contributed by atoms with Crippen LogP contribution in [0.5, 0.6) is 0 Å². The van der Waals surface area contributed by atoms with Crippen LogP contribution in [0.15, 0.2) is 29.4 Å². The molecular formula is C26H29ClN6O4S. The molecule has 1 amide bonds. The summed E-state index contributed by atoms with van der Waals surface area (Å²) in [5, 5.41) is 5.05. The SMILES string of the molecule is CN(C)C(=O)c1cc2n(n1)CCCN(c1nc(S(C)(=O)=O)nc3c1CO[C@@]1(CCc4c(Cl)cccc41)C3)C2. The molecule has 38 heavy (non-hydrogen) atoms. The summed E-state index contributed by atoms with van der Waals surface area (Å²) in [5.41, 5.74) is 4.29. The minimum absolute atomic E-state index is 0.161. The first-order valence-electron chi connectivity index (χ1n) is 12.6. The van der Waals surface area contributed by atoms with Crippen molar-refractivity contribution in [2.75, 3.05) is 31.8 Å². The third kappa shape index (κ3) is 4.17. The van der Waals surface area contributed by atoms with Gasteiger partial charge in [-0.2, -0.15) is 5.10 Å². The standard InChI is InChI=1S/C26H29ClN6O4S/c1-31(2)24(34)21-12-16-14-32(10-5-11-33(16)30-21)23-18-15-37-26(9-8-17-19(26)6-4-7-20(17)27)13-22(18)28-25(29-23)38(3,35)36/h4,6-7,12H,5,8-11,13-15H2,1-3H3/t26-/m0/s1. The number of carbonyl (C=O) groups excluding carboxylic acids is 1. The third-order valence-electron chi connectivity index (χ3n) is 7.66. The zero-order valence-electron chi connectivity index (χ0n) is 21.6. The van der Waals surface area contributed by atoms with Gasteiger partial charge in [-0.3, -0.25) is 9.48 Å². The summed E-state index contributed by atoms with van der Waals surface area (Å²) >= 11 is 6.48. The van der Waals surface area contributed by atoms with Crippen LogP contribution in [0.4, 0.5) is 5.82 Å². The first-order chi connectivity index (χ1) is 18.1. The molecule has 0 fully saturated rings. The molecule has 0 unspecified atom stereocenters. The normalized spacial score (nSPS) is 20.6. The van der Waals surface area contributed by atoms with Gasteiger partial charge in [0.05, 0.1) is 30.1 Å². The van der Waals surface area contributed by atoms with Crippen LogP contribution in [0.2, 0.25) is 5.02 Å². The van der Waals surface area contributed by atoms with Gasteiger partial charge in [-0.05, 0) is 42.5 Å². The molecule has 0 bridgehead atoms. The maximum absolute atomic E-state index is 12.7. The van der Waals surface area contributed by atoms with Crippen molar-refractivity contribution in [2.45, 2.75) is 56.1 Å². The molecule has 1 spiro atoms. The van der Waals surface area contributed by atoms with Crippen molar-refractivity contribution in [3.05, 3.63) is 63.1 Å². The maximum atomic E-state index is 12.7. The van der Waals surface area contributed by atoms with E-state index in [0.717, 1.165) is 52.9 Å². The molecule has 4 heterocycles. The van der Waals surface area contributed by atoms with Crippen molar-refractivity contribution in [1.82, 2.24) is 24.6 Å². The lowest BCUT2D eigenvalue weighted by Gasteiger charge is -2.37. The van der Waals surface area contributed by atoms with E-state index in [1.165, 1.54) is 4.90 Å². The third-order valence-corrected chi connectivity index (χ3v) is 8.86. The second-order valence-corrected chi connectivity index (χ2v) is 12.8. The topological polar surface area (TPSA) is 111 Å². The Kier molecular flexibility index (Phi) is 6.00. The van der Waals surface area contributed by atoms with E-state index in [1.807, 2.05) is 22.9 Å². The summed E-state index contributed by atoms with van der Waals surface area (Å²) in [6.07, 6.45) is 3.89. The van der Waals surface area contributed by atoms with E-state index in [1.54, 1.807) is 20.2 Å². The molecule has 200 valence electrons. The van der Waals surface area contributed by atoms with Crippen LogP contribution >= 0.6 is 11.6 Å². The van der Waals surface area contributed by atoms with Gasteiger partial charge in [-0.15, -0.1) is 0 Å². The fourth-order valence-corrected chi connectivity index (χ4v) is 6.56. The zero-order valence-corrected chi connectivity index (χ0v) is 23.1. The number of rotatable bonds is 3. The second-order valence-electron chi connectivity index (χ2n) is 10.5. The number of fused-ring (bicyclic) bond motifs is 4. The smallest absolute Gasteiger partial charge is 0.273 e. The Balaban J connectivity index is 1.41. The largest absolute Gasteiger partial charge is 0.365 e. The zero-order chi connectivity index (χ0) is 26.8. The Labute approximate surface area is 226 Å². The number of benzene rings is 1. The number of nitrogens with zero attached hydrogens (tertiary/aromatic N) is 6. The molecule has 1 atom stereocenters. The molecule has 3 aliphatic rings. The number of amides is 1. The molecule has 0 radical (unpaired) electrons. The summed E-state index contributed by atoms with van der Waals surface area (Å²) in [6, 6.07) is 7.66. The molecule has 2 aliphatic heterocycles. The first-order valence-corrected chi connectivity index (χ1v) is 14.9. The Morgan fingerprint density at radius 3 is 2.76 bits per heavy atom. The number of hydrogen-bond donors (Lipinski definition) is 0. The molecule has 0 N–H and O–H groups in total. The fraction of sp³-hybridized carbons (Fsp3) is 0.462. The Hall–Kier alpha value is -3.02. The molecule has 1 aromatic carbocycles. The number of ether oxygens (including phenoxy) is 1. The molecule has 10 nitrogen and oxygen atoms in total. The van der Waals surface area contributed by atoms with Gasteiger partial charge in [-0.25, -0.2) is 18.4 Å². The Morgan fingerprint density at radius 2 is 2.00 bits per heavy atom. The number of aromatic nitrogens is 4. The van der Waals surface area contributed by atoms with Gasteiger partial charge in [0.25, 0.3) is 5.91 Å². The summed E-state index contributed by atoms with van der Waals surface area (Å²) in [4.78, 5) is 25.2. The average Bonchev–Trinajstić information content (AvgIpc) is 3.37. The quantitative estimate of drug-likeness (QED) is 0.453. The van der Waals surface area contributed by atoms with Crippen molar-refractivity contribution in [1.29, 1.82) is 0 Å². The van der Waals surface area contributed by atoms with Gasteiger partial charge >= 0.3 is 0 Å². The minimum Gasteiger partial charge on any atom is -0.365 e. The Morgan fingerprint density at radius 1 is 1.18 bits per heavy atom. The van der Waals surface area contributed by atoms with E-state index in [0.29, 0.717) is 43.3 Å². The van der Waals surface area contributed by atoms with Crippen LogP contribution in [0.3, 0.4) is 0 Å². The summed E-state index contributed by atoms with van der Waals surface area (Å²) in [6.45, 7) is 2.00. The molecule has 3 aromatic rings. The van der Waals surface area contributed by atoms with E-state index in [9.17, 15) is 13.2 Å². The van der Waals surface area contributed by atoms with E-state index >= 15 is 0 Å². The van der Waals surface area contributed by atoms with E-state index < -0.39 is 15.4 Å². The highest BCUT2D eigenvalue weighted by Crippen LogP contribution is 2.48. The predicted octanol–water partition coefficient (Wildman–Crippen LogP) is 2.76. The molecule has 12 heteroatoms. The molecule has 1 aliphatic carbocycles. The van der Waals surface area contributed by atoms with Crippen LogP contribution in [0, 0.1) is 0 Å². The number of hydrogen-bond acceptors (Lipinski definition) is 8. The predicted molar refractivity (Wildman–Crippen MR) is 141 cm³/mol. The highest BCUT2D eigenvalue weighted by molar-refractivity contribution is 7.90. The molecule has 0 saturated carbocycles. The van der Waals surface area contributed by atoms with Gasteiger partial charge in [0.15, 0.2) is 5.69 Å². The maximum Gasteiger partial charge on any atom is 0.273 e. The molecular weight excluding hydrogens is 528 g/mol. The van der Waals surface area contributed by atoms with Gasteiger partial charge in [-0.1, -0.05) is 23.7 Å². The van der Waals surface area contributed by atoms with E-state index in [4.69, 9.17) is 16.3 Å². The van der Waals surface area contributed by atoms with Gasteiger partial charge in [0.1, 0.15) is 5.82 Å². The van der Waals surface area contributed by atoms with Crippen LogP contribution in [0.1, 0.15) is 51.4 Å².